The molecule has 0 saturated heterocycles. The van der Waals surface area contributed by atoms with Crippen LogP contribution in [0, 0.1) is 6.92 Å². The van der Waals surface area contributed by atoms with Crippen molar-refractivity contribution in [3.05, 3.63) is 32.6 Å². The van der Waals surface area contributed by atoms with Crippen molar-refractivity contribution in [2.45, 2.75) is 84.7 Å². The summed E-state index contributed by atoms with van der Waals surface area (Å²) in [6.07, 6.45) is 4.02. The van der Waals surface area contributed by atoms with E-state index in [1.54, 1.807) is 17.7 Å². The average molecular weight is 402 g/mol. The lowest BCUT2D eigenvalue weighted by molar-refractivity contribution is 0.0253. The fraction of sp³-hybridized carbons (Fsp3) is 0.778. The number of aromatic nitrogens is 2. The van der Waals surface area contributed by atoms with E-state index in [4.69, 9.17) is 13.8 Å². The number of ether oxygens (including phenoxy) is 1. The van der Waals surface area contributed by atoms with E-state index in [2.05, 4.69) is 4.98 Å². The molecule has 1 fully saturated rings. The molecule has 0 unspecified atom stereocenters. The minimum Gasteiger partial charge on any atom is -0.366 e. The molecule has 0 radical (unpaired) electrons. The Morgan fingerprint density at radius 3 is 2.19 bits per heavy atom. The first-order valence-corrected chi connectivity index (χ1v) is 11.2. The summed E-state index contributed by atoms with van der Waals surface area (Å²) in [6.45, 7) is 8.93. The van der Waals surface area contributed by atoms with E-state index in [1.807, 2.05) is 27.7 Å². The summed E-state index contributed by atoms with van der Waals surface area (Å²) in [4.78, 5) is 25.9. The fourth-order valence-electron chi connectivity index (χ4n) is 3.27. The van der Waals surface area contributed by atoms with Crippen molar-refractivity contribution in [3.63, 3.8) is 0 Å². The molecule has 1 aliphatic rings. The molecule has 0 bridgehead atoms. The van der Waals surface area contributed by atoms with Gasteiger partial charge >= 0.3 is 13.3 Å². The summed E-state index contributed by atoms with van der Waals surface area (Å²) in [7, 11) is -3.31. The van der Waals surface area contributed by atoms with E-state index in [-0.39, 0.29) is 42.0 Å². The maximum Gasteiger partial charge on any atom is 0.356 e. The van der Waals surface area contributed by atoms with Gasteiger partial charge in [0.2, 0.25) is 0 Å². The molecule has 0 aliphatic heterocycles. The van der Waals surface area contributed by atoms with Gasteiger partial charge in [0.25, 0.3) is 5.56 Å². The van der Waals surface area contributed by atoms with E-state index in [1.165, 1.54) is 0 Å². The Balaban J connectivity index is 1.94. The quantitative estimate of drug-likeness (QED) is 0.670. The zero-order valence-corrected chi connectivity index (χ0v) is 17.7. The van der Waals surface area contributed by atoms with Gasteiger partial charge in [-0.15, -0.1) is 0 Å². The van der Waals surface area contributed by atoms with Gasteiger partial charge in [-0.05, 0) is 60.3 Å². The predicted octanol–water partition coefficient (Wildman–Crippen LogP) is 3.35. The molecule has 0 amide bonds. The monoisotopic (exact) mass is 402 g/mol. The summed E-state index contributed by atoms with van der Waals surface area (Å²) in [5.41, 5.74) is -0.208. The number of hydrogen-bond acceptors (Lipinski definition) is 6. The van der Waals surface area contributed by atoms with Crippen molar-refractivity contribution < 1.29 is 18.3 Å². The standard InChI is InChI=1S/C18H31N2O6P/c1-12(2)25-27(23,26-13(3)4)11-24-16-8-6-15(7-9-16)20-10-14(5)17(21)19-18(20)22/h10,12-13,15-16H,6-9,11H2,1-5H3,(H,19,21,22). The highest BCUT2D eigenvalue weighted by atomic mass is 31.2. The molecular weight excluding hydrogens is 371 g/mol. The van der Waals surface area contributed by atoms with Crippen LogP contribution >= 0.6 is 7.60 Å². The Hall–Kier alpha value is -1.21. The number of nitrogens with one attached hydrogen (secondary N) is 1. The van der Waals surface area contributed by atoms with Crippen LogP contribution in [0.3, 0.4) is 0 Å². The Morgan fingerprint density at radius 1 is 1.11 bits per heavy atom. The van der Waals surface area contributed by atoms with Gasteiger partial charge in [-0.2, -0.15) is 0 Å². The summed E-state index contributed by atoms with van der Waals surface area (Å²) in [6, 6.07) is 0.0264. The molecule has 1 aromatic rings. The summed E-state index contributed by atoms with van der Waals surface area (Å²) in [5.74, 6) is 0. The summed E-state index contributed by atoms with van der Waals surface area (Å²) >= 11 is 0. The summed E-state index contributed by atoms with van der Waals surface area (Å²) < 4.78 is 31.3. The fourth-order valence-corrected chi connectivity index (χ4v) is 5.12. The first kappa shape index (κ1) is 22.1. The maximum atomic E-state index is 12.8. The van der Waals surface area contributed by atoms with Crippen LogP contribution in [-0.4, -0.2) is 34.2 Å². The van der Waals surface area contributed by atoms with Crippen LogP contribution in [0.4, 0.5) is 0 Å². The lowest BCUT2D eigenvalue weighted by atomic mass is 9.93. The van der Waals surface area contributed by atoms with Crippen molar-refractivity contribution in [2.75, 3.05) is 6.35 Å². The number of H-pyrrole nitrogens is 1. The van der Waals surface area contributed by atoms with E-state index in [0.29, 0.717) is 5.56 Å². The number of hydrogen-bond donors (Lipinski definition) is 1. The van der Waals surface area contributed by atoms with Gasteiger partial charge in [0, 0.05) is 17.8 Å². The molecule has 2 rings (SSSR count). The Labute approximate surface area is 159 Å². The van der Waals surface area contributed by atoms with Gasteiger partial charge in [0.15, 0.2) is 0 Å². The Kier molecular flexibility index (Phi) is 7.63. The molecule has 9 heteroatoms. The largest absolute Gasteiger partial charge is 0.366 e. The minimum atomic E-state index is -3.31. The van der Waals surface area contributed by atoms with Crippen molar-refractivity contribution in [2.24, 2.45) is 0 Å². The first-order chi connectivity index (χ1) is 12.6. The van der Waals surface area contributed by atoms with E-state index >= 15 is 0 Å². The van der Waals surface area contributed by atoms with Crippen LogP contribution < -0.4 is 11.2 Å². The Bertz CT molecular complexity index is 763. The van der Waals surface area contributed by atoms with Crippen molar-refractivity contribution in [3.8, 4) is 0 Å². The normalized spacial score (nSPS) is 21.1. The van der Waals surface area contributed by atoms with Gasteiger partial charge < -0.3 is 13.8 Å². The number of nitrogens with zero attached hydrogens (tertiary/aromatic N) is 1. The summed E-state index contributed by atoms with van der Waals surface area (Å²) in [5, 5.41) is 0. The van der Waals surface area contributed by atoms with Gasteiger partial charge in [0.05, 0.1) is 18.3 Å². The first-order valence-electron chi connectivity index (χ1n) is 9.49. The molecule has 1 aromatic heterocycles. The number of aryl methyl sites for hydroxylation is 1. The maximum absolute atomic E-state index is 12.8. The predicted molar refractivity (Wildman–Crippen MR) is 103 cm³/mol. The second kappa shape index (κ2) is 9.32. The highest BCUT2D eigenvalue weighted by molar-refractivity contribution is 7.53. The van der Waals surface area contributed by atoms with Gasteiger partial charge in [-0.3, -0.25) is 18.9 Å². The topological polar surface area (TPSA) is 99.6 Å². The highest BCUT2D eigenvalue weighted by Gasteiger charge is 2.31. The van der Waals surface area contributed by atoms with Gasteiger partial charge in [-0.1, -0.05) is 0 Å². The average Bonchev–Trinajstić information content (AvgIpc) is 2.55. The molecule has 0 spiro atoms. The van der Waals surface area contributed by atoms with Crippen LogP contribution in [0.2, 0.25) is 0 Å². The molecule has 1 N–H and O–H groups in total. The van der Waals surface area contributed by atoms with Crippen molar-refractivity contribution >= 4 is 7.60 Å². The zero-order chi connectivity index (χ0) is 20.2. The smallest absolute Gasteiger partial charge is 0.356 e. The molecule has 1 heterocycles. The SMILES string of the molecule is Cc1cn(C2CCC(OCP(=O)(OC(C)C)OC(C)C)CC2)c(=O)[nH]c1=O. The second-order valence-electron chi connectivity index (χ2n) is 7.62. The van der Waals surface area contributed by atoms with Crippen molar-refractivity contribution in [1.82, 2.24) is 9.55 Å². The minimum absolute atomic E-state index is 0.0264. The van der Waals surface area contributed by atoms with E-state index in [9.17, 15) is 14.2 Å². The molecule has 8 nitrogen and oxygen atoms in total. The number of rotatable bonds is 8. The molecule has 27 heavy (non-hydrogen) atoms. The van der Waals surface area contributed by atoms with Crippen LogP contribution in [0.5, 0.6) is 0 Å². The van der Waals surface area contributed by atoms with Crippen LogP contribution in [0.25, 0.3) is 0 Å². The lowest BCUT2D eigenvalue weighted by Gasteiger charge is -2.31. The van der Waals surface area contributed by atoms with E-state index < -0.39 is 7.60 Å². The van der Waals surface area contributed by atoms with Crippen LogP contribution in [-0.2, 0) is 18.3 Å². The third-order valence-electron chi connectivity index (χ3n) is 4.39. The van der Waals surface area contributed by atoms with E-state index in [0.717, 1.165) is 25.7 Å². The number of aromatic amines is 1. The molecular formula is C18H31N2O6P. The lowest BCUT2D eigenvalue weighted by Crippen LogP contribution is -2.35. The zero-order valence-electron chi connectivity index (χ0n) is 16.8. The second-order valence-corrected chi connectivity index (χ2v) is 9.53. The molecule has 1 aliphatic carbocycles. The molecule has 0 aromatic carbocycles. The Morgan fingerprint density at radius 2 is 1.67 bits per heavy atom. The third-order valence-corrected chi connectivity index (χ3v) is 6.35. The van der Waals surface area contributed by atoms with Gasteiger partial charge in [-0.25, -0.2) is 4.79 Å². The highest BCUT2D eigenvalue weighted by Crippen LogP contribution is 2.51. The van der Waals surface area contributed by atoms with Crippen LogP contribution in [0.15, 0.2) is 15.8 Å². The molecule has 1 saturated carbocycles. The van der Waals surface area contributed by atoms with Crippen molar-refractivity contribution in [1.29, 1.82) is 0 Å². The van der Waals surface area contributed by atoms with Gasteiger partial charge in [0.1, 0.15) is 6.35 Å². The molecule has 154 valence electrons. The molecule has 0 atom stereocenters. The van der Waals surface area contributed by atoms with Crippen LogP contribution in [0.1, 0.15) is 65.0 Å². The third kappa shape index (κ3) is 6.42.